The summed E-state index contributed by atoms with van der Waals surface area (Å²) in [5, 5.41) is 11.6. The molecule has 1 N–H and O–H groups in total. The predicted molar refractivity (Wildman–Crippen MR) is 106 cm³/mol. The van der Waals surface area contributed by atoms with Crippen LogP contribution in [0.25, 0.3) is 0 Å². The number of pyridine rings is 1. The first-order valence-corrected chi connectivity index (χ1v) is 10.2. The number of aromatic nitrogens is 1. The predicted octanol–water partition coefficient (Wildman–Crippen LogP) is 3.99. The van der Waals surface area contributed by atoms with Gasteiger partial charge in [0.15, 0.2) is 0 Å². The van der Waals surface area contributed by atoms with Crippen molar-refractivity contribution < 1.29 is 9.84 Å². The van der Waals surface area contributed by atoms with Crippen molar-refractivity contribution in [2.24, 2.45) is 11.8 Å². The van der Waals surface area contributed by atoms with Gasteiger partial charge in [0.05, 0.1) is 11.8 Å². The molecule has 2 aromatic rings. The van der Waals surface area contributed by atoms with E-state index in [1.165, 1.54) is 12.0 Å². The van der Waals surface area contributed by atoms with Gasteiger partial charge in [0, 0.05) is 37.7 Å². The summed E-state index contributed by atoms with van der Waals surface area (Å²) in [4.78, 5) is 7.02. The number of ether oxygens (including phenoxy) is 1. The quantitative estimate of drug-likeness (QED) is 0.869. The Hall–Kier alpha value is -1.91. The van der Waals surface area contributed by atoms with Crippen LogP contribution in [-0.4, -0.2) is 34.2 Å². The SMILES string of the molecule is CC(C)Oc1cccc(CN2C[C@H]3CCC[C@H](C2)C3(O)c2ccccn2)c1. The lowest BCUT2D eigenvalue weighted by molar-refractivity contribution is -0.151. The van der Waals surface area contributed by atoms with E-state index in [0.29, 0.717) is 0 Å². The Labute approximate surface area is 162 Å². The molecule has 1 aliphatic carbocycles. The van der Waals surface area contributed by atoms with Gasteiger partial charge in [-0.25, -0.2) is 0 Å². The van der Waals surface area contributed by atoms with E-state index < -0.39 is 5.60 Å². The molecular weight excluding hydrogens is 336 g/mol. The summed E-state index contributed by atoms with van der Waals surface area (Å²) in [6, 6.07) is 14.3. The van der Waals surface area contributed by atoms with Gasteiger partial charge in [-0.3, -0.25) is 9.88 Å². The summed E-state index contributed by atoms with van der Waals surface area (Å²) in [6.07, 6.45) is 5.32. The maximum absolute atomic E-state index is 11.6. The number of fused-ring (bicyclic) bond motifs is 2. The van der Waals surface area contributed by atoms with Crippen molar-refractivity contribution in [1.82, 2.24) is 9.88 Å². The van der Waals surface area contributed by atoms with Crippen LogP contribution in [0.1, 0.15) is 44.4 Å². The van der Waals surface area contributed by atoms with E-state index in [9.17, 15) is 5.11 Å². The van der Waals surface area contributed by atoms with Gasteiger partial charge in [0.2, 0.25) is 0 Å². The molecule has 4 rings (SSSR count). The molecular formula is C23H30N2O2. The highest BCUT2D eigenvalue weighted by Crippen LogP contribution is 2.48. The van der Waals surface area contributed by atoms with Gasteiger partial charge in [-0.2, -0.15) is 0 Å². The molecule has 1 aromatic carbocycles. The maximum atomic E-state index is 11.6. The third-order valence-electron chi connectivity index (χ3n) is 6.06. The van der Waals surface area contributed by atoms with Crippen molar-refractivity contribution in [3.05, 3.63) is 59.9 Å². The Morgan fingerprint density at radius 3 is 2.59 bits per heavy atom. The Balaban J connectivity index is 1.51. The molecule has 2 bridgehead atoms. The first-order valence-electron chi connectivity index (χ1n) is 10.2. The number of aliphatic hydroxyl groups is 1. The number of rotatable bonds is 5. The summed E-state index contributed by atoms with van der Waals surface area (Å²) >= 11 is 0. The highest BCUT2D eigenvalue weighted by molar-refractivity contribution is 5.29. The van der Waals surface area contributed by atoms with E-state index in [2.05, 4.69) is 41.9 Å². The van der Waals surface area contributed by atoms with Crippen molar-refractivity contribution in [2.75, 3.05) is 13.1 Å². The van der Waals surface area contributed by atoms with Gasteiger partial charge in [-0.15, -0.1) is 0 Å². The zero-order valence-corrected chi connectivity index (χ0v) is 16.3. The van der Waals surface area contributed by atoms with Gasteiger partial charge in [0.1, 0.15) is 11.4 Å². The average Bonchev–Trinajstić information content (AvgIpc) is 2.63. The molecule has 0 radical (unpaired) electrons. The second-order valence-electron chi connectivity index (χ2n) is 8.37. The summed E-state index contributed by atoms with van der Waals surface area (Å²) in [5.41, 5.74) is 1.35. The fourth-order valence-electron chi connectivity index (χ4n) is 4.94. The molecule has 4 heteroatoms. The van der Waals surface area contributed by atoms with Crippen molar-refractivity contribution in [3.63, 3.8) is 0 Å². The molecule has 1 saturated carbocycles. The van der Waals surface area contributed by atoms with Crippen molar-refractivity contribution >= 4 is 0 Å². The normalized spacial score (nSPS) is 28.3. The van der Waals surface area contributed by atoms with Crippen molar-refractivity contribution in [1.29, 1.82) is 0 Å². The summed E-state index contributed by atoms with van der Waals surface area (Å²) < 4.78 is 5.84. The lowest BCUT2D eigenvalue weighted by atomic mass is 9.64. The molecule has 1 saturated heterocycles. The summed E-state index contributed by atoms with van der Waals surface area (Å²) in [5.74, 6) is 1.43. The van der Waals surface area contributed by atoms with Crippen LogP contribution in [0.4, 0.5) is 0 Å². The minimum atomic E-state index is -0.779. The summed E-state index contributed by atoms with van der Waals surface area (Å²) in [7, 11) is 0. The van der Waals surface area contributed by atoms with E-state index in [4.69, 9.17) is 4.74 Å². The Bertz CT molecular complexity index is 748. The fourth-order valence-corrected chi connectivity index (χ4v) is 4.94. The number of hydrogen-bond acceptors (Lipinski definition) is 4. The molecule has 0 unspecified atom stereocenters. The monoisotopic (exact) mass is 366 g/mol. The van der Waals surface area contributed by atoms with Crippen LogP contribution in [0.3, 0.4) is 0 Å². The zero-order valence-electron chi connectivity index (χ0n) is 16.3. The highest BCUT2D eigenvalue weighted by atomic mass is 16.5. The maximum Gasteiger partial charge on any atom is 0.120 e. The van der Waals surface area contributed by atoms with Gasteiger partial charge >= 0.3 is 0 Å². The molecule has 1 aliphatic heterocycles. The van der Waals surface area contributed by atoms with Gasteiger partial charge in [-0.1, -0.05) is 24.6 Å². The van der Waals surface area contributed by atoms with E-state index in [1.807, 2.05) is 24.3 Å². The van der Waals surface area contributed by atoms with Crippen LogP contribution < -0.4 is 4.74 Å². The zero-order chi connectivity index (χ0) is 18.9. The van der Waals surface area contributed by atoms with Crippen LogP contribution in [-0.2, 0) is 12.1 Å². The standard InChI is InChI=1S/C23H30N2O2/c1-17(2)27-21-10-5-7-18(13-21)14-25-15-19-8-6-9-20(16-25)23(19,26)22-11-3-4-12-24-22/h3-5,7,10-13,17,19-20,26H,6,8-9,14-16H2,1-2H3/t19-,20-/m1/s1. The van der Waals surface area contributed by atoms with E-state index >= 15 is 0 Å². The van der Waals surface area contributed by atoms with Gasteiger partial charge < -0.3 is 9.84 Å². The first-order chi connectivity index (χ1) is 13.1. The molecule has 0 amide bonds. The average molecular weight is 367 g/mol. The van der Waals surface area contributed by atoms with Crippen molar-refractivity contribution in [3.8, 4) is 5.75 Å². The molecule has 2 fully saturated rings. The third kappa shape index (κ3) is 3.74. The van der Waals surface area contributed by atoms with Crippen LogP contribution in [0.15, 0.2) is 48.7 Å². The van der Waals surface area contributed by atoms with Crippen LogP contribution in [0, 0.1) is 11.8 Å². The van der Waals surface area contributed by atoms with Crippen LogP contribution >= 0.6 is 0 Å². The highest BCUT2D eigenvalue weighted by Gasteiger charge is 2.52. The lowest BCUT2D eigenvalue weighted by Gasteiger charge is -2.52. The molecule has 2 heterocycles. The minimum Gasteiger partial charge on any atom is -0.491 e. The van der Waals surface area contributed by atoms with Crippen LogP contribution in [0.5, 0.6) is 5.75 Å². The Morgan fingerprint density at radius 1 is 1.15 bits per heavy atom. The van der Waals surface area contributed by atoms with Crippen LogP contribution in [0.2, 0.25) is 0 Å². The minimum absolute atomic E-state index is 0.183. The number of nitrogens with zero attached hydrogens (tertiary/aromatic N) is 2. The number of piperidine rings is 1. The Kier molecular flexibility index (Phi) is 5.20. The molecule has 144 valence electrons. The first kappa shape index (κ1) is 18.5. The largest absolute Gasteiger partial charge is 0.491 e. The number of likely N-dealkylation sites (tertiary alicyclic amines) is 1. The molecule has 2 aliphatic rings. The molecule has 4 nitrogen and oxygen atoms in total. The molecule has 2 atom stereocenters. The van der Waals surface area contributed by atoms with Crippen molar-refractivity contribution in [2.45, 2.75) is 51.4 Å². The third-order valence-corrected chi connectivity index (χ3v) is 6.06. The number of hydrogen-bond donors (Lipinski definition) is 1. The lowest BCUT2D eigenvalue weighted by Crippen LogP contribution is -2.58. The topological polar surface area (TPSA) is 45.6 Å². The molecule has 1 aromatic heterocycles. The second kappa shape index (κ2) is 7.61. The van der Waals surface area contributed by atoms with E-state index in [1.54, 1.807) is 6.20 Å². The Morgan fingerprint density at radius 2 is 1.93 bits per heavy atom. The number of benzene rings is 1. The van der Waals surface area contributed by atoms with Gasteiger partial charge in [0.25, 0.3) is 0 Å². The van der Waals surface area contributed by atoms with E-state index in [-0.39, 0.29) is 17.9 Å². The second-order valence-corrected chi connectivity index (χ2v) is 8.37. The molecule has 27 heavy (non-hydrogen) atoms. The fraction of sp³-hybridized carbons (Fsp3) is 0.522. The smallest absolute Gasteiger partial charge is 0.120 e. The summed E-state index contributed by atoms with van der Waals surface area (Å²) in [6.45, 7) is 6.84. The van der Waals surface area contributed by atoms with E-state index in [0.717, 1.165) is 43.9 Å². The molecule has 0 spiro atoms. The van der Waals surface area contributed by atoms with Gasteiger partial charge in [-0.05, 0) is 56.5 Å².